The molecule has 0 aliphatic heterocycles. The van der Waals surface area contributed by atoms with E-state index in [1.165, 1.54) is 5.01 Å². The first-order valence-corrected chi connectivity index (χ1v) is 5.07. The molecule has 56 valence electrons. The molecule has 1 aromatic heterocycles. The van der Waals surface area contributed by atoms with Gasteiger partial charge in [0.05, 0.1) is 3.42 Å². The topological polar surface area (TPSA) is 12.9 Å². The smallest absolute Gasteiger partial charge is 0.108 e. The van der Waals surface area contributed by atoms with Gasteiger partial charge in [-0.05, 0) is 20.8 Å². The Morgan fingerprint density at radius 3 is 2.40 bits per heavy atom. The number of aromatic nitrogens is 1. The van der Waals surface area contributed by atoms with Gasteiger partial charge in [-0.1, -0.05) is 22.6 Å². The molecular formula is C7H10INS. The van der Waals surface area contributed by atoms with Crippen LogP contribution >= 0.6 is 33.9 Å². The van der Waals surface area contributed by atoms with Gasteiger partial charge >= 0.3 is 0 Å². The number of rotatable bonds is 1. The summed E-state index contributed by atoms with van der Waals surface area (Å²) in [5, 5.41) is 3.31. The second-order valence-corrected chi connectivity index (χ2v) is 6.32. The minimum absolute atomic E-state index is 0.191. The maximum Gasteiger partial charge on any atom is 0.108 e. The fourth-order valence-electron chi connectivity index (χ4n) is 0.627. The Morgan fingerprint density at radius 1 is 1.60 bits per heavy atom. The SMILES string of the molecule is Cc1csc(C(C)(C)I)n1. The van der Waals surface area contributed by atoms with E-state index in [9.17, 15) is 0 Å². The van der Waals surface area contributed by atoms with Crippen LogP contribution in [0.25, 0.3) is 0 Å². The van der Waals surface area contributed by atoms with Crippen LogP contribution in [0.4, 0.5) is 0 Å². The predicted octanol–water partition coefficient (Wildman–Crippen LogP) is 3.12. The molecule has 0 fully saturated rings. The van der Waals surface area contributed by atoms with Gasteiger partial charge < -0.3 is 0 Å². The Morgan fingerprint density at radius 2 is 2.20 bits per heavy atom. The van der Waals surface area contributed by atoms with Crippen molar-refractivity contribution in [3.05, 3.63) is 16.1 Å². The Hall–Kier alpha value is 0.360. The highest BCUT2D eigenvalue weighted by Crippen LogP contribution is 2.32. The molecule has 0 aliphatic rings. The minimum atomic E-state index is 0.191. The monoisotopic (exact) mass is 267 g/mol. The van der Waals surface area contributed by atoms with Crippen molar-refractivity contribution in [2.24, 2.45) is 0 Å². The molecule has 0 radical (unpaired) electrons. The van der Waals surface area contributed by atoms with E-state index in [1.807, 2.05) is 6.92 Å². The van der Waals surface area contributed by atoms with Gasteiger partial charge in [-0.25, -0.2) is 4.98 Å². The maximum atomic E-state index is 4.39. The second-order valence-electron chi connectivity index (χ2n) is 2.77. The lowest BCUT2D eigenvalue weighted by Crippen LogP contribution is -2.05. The van der Waals surface area contributed by atoms with Crippen LogP contribution in [0.1, 0.15) is 24.5 Å². The van der Waals surface area contributed by atoms with Gasteiger partial charge in [0, 0.05) is 11.1 Å². The first-order chi connectivity index (χ1) is 4.50. The Balaban J connectivity index is 2.96. The zero-order chi connectivity index (χ0) is 7.78. The largest absolute Gasteiger partial charge is 0.245 e. The van der Waals surface area contributed by atoms with E-state index >= 15 is 0 Å². The summed E-state index contributed by atoms with van der Waals surface area (Å²) in [5.41, 5.74) is 1.13. The van der Waals surface area contributed by atoms with Crippen LogP contribution in [0.3, 0.4) is 0 Å². The number of hydrogen-bond donors (Lipinski definition) is 0. The molecule has 0 N–H and O–H groups in total. The van der Waals surface area contributed by atoms with E-state index in [0.29, 0.717) is 0 Å². The number of thiazole rings is 1. The standard InChI is InChI=1S/C7H10INS/c1-5-4-10-6(9-5)7(2,3)8/h4H,1-3H3. The third kappa shape index (κ3) is 1.92. The van der Waals surface area contributed by atoms with Crippen LogP contribution in [-0.2, 0) is 3.42 Å². The summed E-state index contributed by atoms with van der Waals surface area (Å²) in [5.74, 6) is 0. The van der Waals surface area contributed by atoms with Gasteiger partial charge in [0.1, 0.15) is 5.01 Å². The van der Waals surface area contributed by atoms with Crippen molar-refractivity contribution in [3.63, 3.8) is 0 Å². The number of aryl methyl sites for hydroxylation is 1. The lowest BCUT2D eigenvalue weighted by Gasteiger charge is -2.10. The van der Waals surface area contributed by atoms with E-state index in [4.69, 9.17) is 0 Å². The Kier molecular flexibility index (Phi) is 2.34. The van der Waals surface area contributed by atoms with Crippen LogP contribution in [0.2, 0.25) is 0 Å². The highest BCUT2D eigenvalue weighted by molar-refractivity contribution is 14.1. The van der Waals surface area contributed by atoms with Crippen molar-refractivity contribution in [2.45, 2.75) is 24.2 Å². The Labute approximate surface area is 79.0 Å². The summed E-state index contributed by atoms with van der Waals surface area (Å²) >= 11 is 4.14. The molecular weight excluding hydrogens is 257 g/mol. The summed E-state index contributed by atoms with van der Waals surface area (Å²) < 4.78 is 0.191. The molecule has 0 aromatic carbocycles. The fourth-order valence-corrected chi connectivity index (χ4v) is 1.94. The van der Waals surface area contributed by atoms with E-state index in [2.05, 4.69) is 46.8 Å². The number of nitrogens with zero attached hydrogens (tertiary/aromatic N) is 1. The quantitative estimate of drug-likeness (QED) is 0.562. The molecule has 0 bridgehead atoms. The normalized spacial score (nSPS) is 12.0. The molecule has 1 rings (SSSR count). The Bertz CT molecular complexity index is 224. The van der Waals surface area contributed by atoms with Crippen molar-refractivity contribution in [2.75, 3.05) is 0 Å². The molecule has 0 spiro atoms. The summed E-state index contributed by atoms with van der Waals surface area (Å²) in [7, 11) is 0. The van der Waals surface area contributed by atoms with Crippen molar-refractivity contribution >= 4 is 33.9 Å². The zero-order valence-electron chi connectivity index (χ0n) is 6.31. The molecule has 3 heteroatoms. The number of hydrogen-bond acceptors (Lipinski definition) is 2. The molecule has 0 aliphatic carbocycles. The molecule has 0 saturated heterocycles. The van der Waals surface area contributed by atoms with Gasteiger partial charge in [-0.2, -0.15) is 0 Å². The van der Waals surface area contributed by atoms with Crippen molar-refractivity contribution in [1.29, 1.82) is 0 Å². The van der Waals surface area contributed by atoms with Crippen molar-refractivity contribution < 1.29 is 0 Å². The van der Waals surface area contributed by atoms with Gasteiger partial charge in [-0.15, -0.1) is 11.3 Å². The van der Waals surface area contributed by atoms with Gasteiger partial charge in [0.2, 0.25) is 0 Å². The van der Waals surface area contributed by atoms with Crippen LogP contribution < -0.4 is 0 Å². The zero-order valence-corrected chi connectivity index (χ0v) is 9.28. The molecule has 0 amide bonds. The number of alkyl halides is 1. The van der Waals surface area contributed by atoms with E-state index in [0.717, 1.165) is 5.69 Å². The maximum absolute atomic E-state index is 4.39. The first kappa shape index (κ1) is 8.46. The molecule has 0 unspecified atom stereocenters. The summed E-state index contributed by atoms with van der Waals surface area (Å²) in [6.07, 6.45) is 0. The fraction of sp³-hybridized carbons (Fsp3) is 0.571. The summed E-state index contributed by atoms with van der Waals surface area (Å²) in [6, 6.07) is 0. The molecule has 0 atom stereocenters. The van der Waals surface area contributed by atoms with E-state index in [-0.39, 0.29) is 3.42 Å². The second kappa shape index (κ2) is 2.77. The van der Waals surface area contributed by atoms with Gasteiger partial charge in [0.15, 0.2) is 0 Å². The molecule has 10 heavy (non-hydrogen) atoms. The highest BCUT2D eigenvalue weighted by atomic mass is 127. The lowest BCUT2D eigenvalue weighted by atomic mass is 10.2. The third-order valence-electron chi connectivity index (χ3n) is 1.13. The van der Waals surface area contributed by atoms with Crippen LogP contribution in [0.15, 0.2) is 5.38 Å². The molecule has 0 saturated carbocycles. The molecule has 1 aromatic rings. The summed E-state index contributed by atoms with van der Waals surface area (Å²) in [4.78, 5) is 4.39. The molecule has 1 heterocycles. The van der Waals surface area contributed by atoms with Crippen molar-refractivity contribution in [3.8, 4) is 0 Å². The average Bonchev–Trinajstić information content (AvgIpc) is 2.11. The predicted molar refractivity (Wildman–Crippen MR) is 53.9 cm³/mol. The molecule has 1 nitrogen and oxygen atoms in total. The van der Waals surface area contributed by atoms with Crippen LogP contribution in [0.5, 0.6) is 0 Å². The minimum Gasteiger partial charge on any atom is -0.245 e. The van der Waals surface area contributed by atoms with Crippen LogP contribution in [-0.4, -0.2) is 4.98 Å². The first-order valence-electron chi connectivity index (χ1n) is 3.11. The highest BCUT2D eigenvalue weighted by Gasteiger charge is 2.18. The number of halogens is 1. The van der Waals surface area contributed by atoms with Gasteiger partial charge in [0.25, 0.3) is 0 Å². The lowest BCUT2D eigenvalue weighted by molar-refractivity contribution is 0.810. The average molecular weight is 267 g/mol. The van der Waals surface area contributed by atoms with Gasteiger partial charge in [-0.3, -0.25) is 0 Å². The third-order valence-corrected chi connectivity index (χ3v) is 3.29. The van der Waals surface area contributed by atoms with Crippen molar-refractivity contribution in [1.82, 2.24) is 4.98 Å². The van der Waals surface area contributed by atoms with E-state index in [1.54, 1.807) is 11.3 Å². The summed E-state index contributed by atoms with van der Waals surface area (Å²) in [6.45, 7) is 6.38. The van der Waals surface area contributed by atoms with Crippen LogP contribution in [0, 0.1) is 6.92 Å². The van der Waals surface area contributed by atoms with E-state index < -0.39 is 0 Å².